The van der Waals surface area contributed by atoms with Crippen molar-refractivity contribution in [3.8, 4) is 5.75 Å². The Kier molecular flexibility index (Phi) is 6.22. The molecule has 2 aromatic rings. The highest BCUT2D eigenvalue weighted by atomic mass is 19.4. The minimum atomic E-state index is -4.70. The molecule has 31 heavy (non-hydrogen) atoms. The number of likely N-dealkylation sites (tertiary alicyclic amines) is 1. The van der Waals surface area contributed by atoms with Crippen molar-refractivity contribution in [1.82, 2.24) is 20.0 Å². The summed E-state index contributed by atoms with van der Waals surface area (Å²) >= 11 is 0. The smallest absolute Gasteiger partial charge is 0.406 e. The summed E-state index contributed by atoms with van der Waals surface area (Å²) in [7, 11) is 0. The molecule has 0 radical (unpaired) electrons. The predicted octanol–water partition coefficient (Wildman–Crippen LogP) is 3.68. The standard InChI is InChI=1S/C22H27F3N4O2/c1-2-29-19-9-8-16(13-18(19)20(27-29)21(30)28-10-3-4-11-28)26-14-15-6-5-7-17(12-15)31-22(23,24)25/h5-7,12,16,26H,2-4,8-11,13-14H2,1H3/t16-/m0/s1. The highest BCUT2D eigenvalue weighted by Gasteiger charge is 2.32. The summed E-state index contributed by atoms with van der Waals surface area (Å²) in [5.41, 5.74) is 3.41. The molecule has 168 valence electrons. The first-order chi connectivity index (χ1) is 14.8. The summed E-state index contributed by atoms with van der Waals surface area (Å²) in [5, 5.41) is 8.06. The molecule has 0 spiro atoms. The molecule has 0 saturated carbocycles. The third-order valence-electron chi connectivity index (χ3n) is 5.97. The van der Waals surface area contributed by atoms with Gasteiger partial charge in [-0.05, 0) is 56.7 Å². The number of fused-ring (bicyclic) bond motifs is 1. The maximum Gasteiger partial charge on any atom is 0.573 e. The van der Waals surface area contributed by atoms with Crippen molar-refractivity contribution in [2.24, 2.45) is 0 Å². The Bertz CT molecular complexity index is 935. The van der Waals surface area contributed by atoms with Gasteiger partial charge in [0.25, 0.3) is 5.91 Å². The first-order valence-electron chi connectivity index (χ1n) is 10.8. The van der Waals surface area contributed by atoms with Gasteiger partial charge in [0.1, 0.15) is 5.75 Å². The maximum absolute atomic E-state index is 13.0. The van der Waals surface area contributed by atoms with E-state index in [1.54, 1.807) is 12.1 Å². The Hall–Kier alpha value is -2.55. The van der Waals surface area contributed by atoms with Crippen LogP contribution in [0.5, 0.6) is 5.75 Å². The molecular formula is C22H27F3N4O2. The number of nitrogens with one attached hydrogen (secondary N) is 1. The number of hydrogen-bond donors (Lipinski definition) is 1. The molecule has 1 atom stereocenters. The second-order valence-electron chi connectivity index (χ2n) is 8.10. The number of halogens is 3. The van der Waals surface area contributed by atoms with E-state index in [2.05, 4.69) is 15.2 Å². The van der Waals surface area contributed by atoms with Crippen LogP contribution in [-0.4, -0.2) is 46.1 Å². The van der Waals surface area contributed by atoms with Gasteiger partial charge in [0, 0.05) is 43.5 Å². The molecule has 1 aliphatic carbocycles. The summed E-state index contributed by atoms with van der Waals surface area (Å²) in [6.07, 6.45) is -0.257. The number of ether oxygens (including phenoxy) is 1. The Morgan fingerprint density at radius 2 is 2.06 bits per heavy atom. The molecule has 1 amide bonds. The van der Waals surface area contributed by atoms with Crippen molar-refractivity contribution < 1.29 is 22.7 Å². The summed E-state index contributed by atoms with van der Waals surface area (Å²) < 4.78 is 43.3. The number of alkyl halides is 3. The van der Waals surface area contributed by atoms with Crippen molar-refractivity contribution in [2.45, 2.75) is 64.5 Å². The van der Waals surface area contributed by atoms with Crippen LogP contribution in [0.1, 0.15) is 53.5 Å². The van der Waals surface area contributed by atoms with Gasteiger partial charge in [-0.2, -0.15) is 5.10 Å². The maximum atomic E-state index is 13.0. The van der Waals surface area contributed by atoms with E-state index in [0.717, 1.165) is 56.6 Å². The molecule has 2 aliphatic rings. The lowest BCUT2D eigenvalue weighted by atomic mass is 9.91. The molecule has 6 nitrogen and oxygen atoms in total. The quantitative estimate of drug-likeness (QED) is 0.751. The van der Waals surface area contributed by atoms with E-state index in [1.165, 1.54) is 12.1 Å². The number of hydrogen-bond acceptors (Lipinski definition) is 4. The molecule has 1 aromatic heterocycles. The van der Waals surface area contributed by atoms with Gasteiger partial charge in [0.2, 0.25) is 0 Å². The van der Waals surface area contributed by atoms with Crippen LogP contribution >= 0.6 is 0 Å². The third-order valence-corrected chi connectivity index (χ3v) is 5.97. The van der Waals surface area contributed by atoms with Crippen LogP contribution < -0.4 is 10.1 Å². The van der Waals surface area contributed by atoms with Gasteiger partial charge in [-0.3, -0.25) is 9.48 Å². The fourth-order valence-electron chi connectivity index (χ4n) is 4.48. The van der Waals surface area contributed by atoms with E-state index in [-0.39, 0.29) is 17.7 Å². The van der Waals surface area contributed by atoms with Crippen molar-refractivity contribution in [2.75, 3.05) is 13.1 Å². The molecule has 1 N–H and O–H groups in total. The molecule has 0 bridgehead atoms. The van der Waals surface area contributed by atoms with Crippen LogP contribution in [0.15, 0.2) is 24.3 Å². The lowest BCUT2D eigenvalue weighted by Crippen LogP contribution is -2.35. The predicted molar refractivity (Wildman–Crippen MR) is 109 cm³/mol. The highest BCUT2D eigenvalue weighted by Crippen LogP contribution is 2.28. The van der Waals surface area contributed by atoms with Crippen molar-refractivity contribution in [3.63, 3.8) is 0 Å². The van der Waals surface area contributed by atoms with E-state index in [1.807, 2.05) is 16.5 Å². The molecule has 1 fully saturated rings. The Labute approximate surface area is 179 Å². The van der Waals surface area contributed by atoms with Crippen LogP contribution in [0.2, 0.25) is 0 Å². The van der Waals surface area contributed by atoms with E-state index in [9.17, 15) is 18.0 Å². The molecule has 4 rings (SSSR count). The first-order valence-corrected chi connectivity index (χ1v) is 10.8. The number of aryl methyl sites for hydroxylation is 1. The van der Waals surface area contributed by atoms with Gasteiger partial charge in [-0.25, -0.2) is 0 Å². The average Bonchev–Trinajstić information content (AvgIpc) is 3.38. The van der Waals surface area contributed by atoms with Crippen LogP contribution in [0, 0.1) is 0 Å². The molecule has 2 heterocycles. The number of carbonyl (C=O) groups excluding carboxylic acids is 1. The summed E-state index contributed by atoms with van der Waals surface area (Å²) in [6, 6.07) is 6.13. The number of nitrogens with zero attached hydrogens (tertiary/aromatic N) is 3. The van der Waals surface area contributed by atoms with Crippen molar-refractivity contribution >= 4 is 5.91 Å². The SMILES string of the molecule is CCn1nc(C(=O)N2CCCC2)c2c1CC[C@H](NCc1cccc(OC(F)(F)F)c1)C2. The van der Waals surface area contributed by atoms with E-state index in [4.69, 9.17) is 0 Å². The topological polar surface area (TPSA) is 59.4 Å². The largest absolute Gasteiger partial charge is 0.573 e. The third kappa shape index (κ3) is 5.03. The lowest BCUT2D eigenvalue weighted by Gasteiger charge is -2.25. The van der Waals surface area contributed by atoms with Crippen LogP contribution in [0.4, 0.5) is 13.2 Å². The lowest BCUT2D eigenvalue weighted by molar-refractivity contribution is -0.274. The molecular weight excluding hydrogens is 409 g/mol. The zero-order valence-corrected chi connectivity index (χ0v) is 17.5. The second-order valence-corrected chi connectivity index (χ2v) is 8.10. The number of amides is 1. The number of carbonyl (C=O) groups is 1. The van der Waals surface area contributed by atoms with Crippen LogP contribution in [0.25, 0.3) is 0 Å². The number of aromatic nitrogens is 2. The van der Waals surface area contributed by atoms with Gasteiger partial charge in [0.15, 0.2) is 5.69 Å². The second kappa shape index (κ2) is 8.90. The minimum absolute atomic E-state index is 0.0126. The monoisotopic (exact) mass is 436 g/mol. The Balaban J connectivity index is 1.44. The Morgan fingerprint density at radius 3 is 2.77 bits per heavy atom. The molecule has 9 heteroatoms. The molecule has 1 saturated heterocycles. The molecule has 1 aromatic carbocycles. The van der Waals surface area contributed by atoms with Gasteiger partial charge >= 0.3 is 6.36 Å². The van der Waals surface area contributed by atoms with Crippen LogP contribution in [0.3, 0.4) is 0 Å². The fourth-order valence-corrected chi connectivity index (χ4v) is 4.48. The van der Waals surface area contributed by atoms with Gasteiger partial charge in [-0.15, -0.1) is 13.2 Å². The van der Waals surface area contributed by atoms with Crippen molar-refractivity contribution in [3.05, 3.63) is 46.8 Å². The summed E-state index contributed by atoms with van der Waals surface area (Å²) in [4.78, 5) is 14.9. The number of rotatable bonds is 6. The van der Waals surface area contributed by atoms with E-state index >= 15 is 0 Å². The Morgan fingerprint density at radius 1 is 1.29 bits per heavy atom. The minimum Gasteiger partial charge on any atom is -0.406 e. The number of benzene rings is 1. The zero-order valence-electron chi connectivity index (χ0n) is 17.5. The van der Waals surface area contributed by atoms with Crippen molar-refractivity contribution in [1.29, 1.82) is 0 Å². The van der Waals surface area contributed by atoms with Gasteiger partial charge in [0.05, 0.1) is 0 Å². The molecule has 1 aliphatic heterocycles. The first kappa shape index (κ1) is 21.7. The van der Waals surface area contributed by atoms with Gasteiger partial charge < -0.3 is 15.0 Å². The average molecular weight is 436 g/mol. The summed E-state index contributed by atoms with van der Waals surface area (Å²) in [6.45, 7) is 4.74. The fraction of sp³-hybridized carbons (Fsp3) is 0.545. The zero-order chi connectivity index (χ0) is 22.0. The summed E-state index contributed by atoms with van der Waals surface area (Å²) in [5.74, 6) is -0.209. The highest BCUT2D eigenvalue weighted by molar-refractivity contribution is 5.94. The van der Waals surface area contributed by atoms with E-state index in [0.29, 0.717) is 24.2 Å². The van der Waals surface area contributed by atoms with E-state index < -0.39 is 6.36 Å². The van der Waals surface area contributed by atoms with Crippen LogP contribution in [-0.2, 0) is 25.9 Å². The van der Waals surface area contributed by atoms with Gasteiger partial charge in [-0.1, -0.05) is 12.1 Å². The molecule has 0 unspecified atom stereocenters. The normalized spacial score (nSPS) is 18.8.